The van der Waals surface area contributed by atoms with Crippen LogP contribution in [0.2, 0.25) is 0 Å². The maximum absolute atomic E-state index is 15.2. The van der Waals surface area contributed by atoms with Crippen molar-refractivity contribution in [2.24, 2.45) is 11.3 Å². The minimum Gasteiger partial charge on any atom is -0.496 e. The molecular formula is C45H55N4O8. The number of ketones is 1. The number of rotatable bonds is 6. The van der Waals surface area contributed by atoms with Gasteiger partial charge in [0.15, 0.2) is 17.5 Å². The molecule has 1 radical (unpaired) electrons. The van der Waals surface area contributed by atoms with Gasteiger partial charge in [-0.25, -0.2) is 0 Å². The average molecular weight is 780 g/mol. The standard InChI is InChI=1S/C45H55N4O8/c1-8-42-15-11-17-49-19-16-43(37(42)49)31-20-32(35(55-6)21-34(31)47(5)38(43)45(54,26(2)50)39(42)57-27(3)51)44(40(52)56-7)23-28-22-41(4,53)25-48(24-28)18-14-30-29-12-9-10-13-33(29)46-36(30)44/h9-13,15,20-22,28,37-39,46,53-54H,8,14,16-19,23-25H2,1-7H3/t28?,37?,38?,39-,41+,42-,43?,44+,45+/m1/s1. The number of aromatic nitrogens is 1. The summed E-state index contributed by atoms with van der Waals surface area (Å²) in [6.45, 7) is 9.81. The number of hydrogen-bond acceptors (Lipinski definition) is 11. The summed E-state index contributed by atoms with van der Waals surface area (Å²) < 4.78 is 18.4. The Morgan fingerprint density at radius 3 is 2.51 bits per heavy atom. The van der Waals surface area contributed by atoms with Crippen LogP contribution in [-0.4, -0.2) is 126 Å². The van der Waals surface area contributed by atoms with Crippen molar-refractivity contribution in [1.29, 1.82) is 0 Å². The van der Waals surface area contributed by atoms with Crippen molar-refractivity contribution in [3.63, 3.8) is 0 Å². The number of fused-ring (bicyclic) bond motifs is 6. The number of methoxy groups -OCH3 is 2. The van der Waals surface area contributed by atoms with Crippen molar-refractivity contribution in [2.75, 3.05) is 58.9 Å². The van der Waals surface area contributed by atoms with Gasteiger partial charge in [0.1, 0.15) is 11.2 Å². The van der Waals surface area contributed by atoms with E-state index in [9.17, 15) is 19.8 Å². The minimum atomic E-state index is -2.09. The van der Waals surface area contributed by atoms with Crippen LogP contribution >= 0.6 is 0 Å². The zero-order chi connectivity index (χ0) is 40.4. The molecule has 2 aromatic carbocycles. The van der Waals surface area contributed by atoms with Crippen molar-refractivity contribution < 1.29 is 38.8 Å². The summed E-state index contributed by atoms with van der Waals surface area (Å²) in [6.07, 6.45) is 7.05. The number of piperidine rings is 1. The first-order chi connectivity index (χ1) is 27.1. The van der Waals surface area contributed by atoms with Gasteiger partial charge in [-0.05, 0) is 81.7 Å². The van der Waals surface area contributed by atoms with E-state index in [0.29, 0.717) is 63.3 Å². The van der Waals surface area contributed by atoms with Crippen LogP contribution in [-0.2, 0) is 41.1 Å². The number of para-hydroxylation sites is 1. The summed E-state index contributed by atoms with van der Waals surface area (Å²) in [5, 5.41) is 25.9. The van der Waals surface area contributed by atoms with Gasteiger partial charge in [0.25, 0.3) is 0 Å². The molecule has 2 bridgehead atoms. The third-order valence-corrected chi connectivity index (χ3v) is 14.9. The highest BCUT2D eigenvalue weighted by atomic mass is 16.6. The van der Waals surface area contributed by atoms with Crippen molar-refractivity contribution in [3.05, 3.63) is 77.4 Å². The lowest BCUT2D eigenvalue weighted by Crippen LogP contribution is -2.81. The number of benzene rings is 2. The lowest BCUT2D eigenvalue weighted by Gasteiger charge is -2.64. The number of anilines is 1. The predicted octanol–water partition coefficient (Wildman–Crippen LogP) is 3.83. The number of carbonyl (C=O) groups excluding carboxylic acids is 3. The molecule has 12 nitrogen and oxygen atoms in total. The Morgan fingerprint density at radius 1 is 1.04 bits per heavy atom. The Labute approximate surface area is 334 Å². The lowest BCUT2D eigenvalue weighted by atomic mass is 9.47. The lowest BCUT2D eigenvalue weighted by molar-refractivity contribution is -0.215. The van der Waals surface area contributed by atoms with Gasteiger partial charge >= 0.3 is 11.9 Å². The summed E-state index contributed by atoms with van der Waals surface area (Å²) in [7, 11) is 4.93. The van der Waals surface area contributed by atoms with E-state index in [1.54, 1.807) is 7.11 Å². The predicted molar refractivity (Wildman–Crippen MR) is 214 cm³/mol. The van der Waals surface area contributed by atoms with Crippen LogP contribution in [0.1, 0.15) is 69.3 Å². The van der Waals surface area contributed by atoms with Crippen LogP contribution in [0.4, 0.5) is 5.69 Å². The van der Waals surface area contributed by atoms with Gasteiger partial charge < -0.3 is 34.3 Å². The average Bonchev–Trinajstić information content (AvgIpc) is 3.84. The Kier molecular flexibility index (Phi) is 8.66. The molecule has 1 aliphatic carbocycles. The maximum Gasteiger partial charge on any atom is 0.322 e. The molecular weight excluding hydrogens is 725 g/mol. The van der Waals surface area contributed by atoms with Crippen LogP contribution in [0.3, 0.4) is 0 Å². The first-order valence-electron chi connectivity index (χ1n) is 20.4. The topological polar surface area (TPSA) is 145 Å². The van der Waals surface area contributed by atoms with E-state index in [1.807, 2.05) is 56.5 Å². The summed E-state index contributed by atoms with van der Waals surface area (Å²) in [5.74, 6) is -1.22. The fourth-order valence-corrected chi connectivity index (χ4v) is 13.1. The summed E-state index contributed by atoms with van der Waals surface area (Å²) in [6, 6.07) is 11.1. The van der Waals surface area contributed by atoms with Gasteiger partial charge in [-0.2, -0.15) is 0 Å². The Balaban J connectivity index is 1.37. The molecule has 1 saturated carbocycles. The molecule has 12 heteroatoms. The number of Topliss-reactive ketones (excluding diaryl/α,β-unsaturated/α-hetero) is 1. The third-order valence-electron chi connectivity index (χ3n) is 14.9. The number of aromatic amines is 1. The van der Waals surface area contributed by atoms with Gasteiger partial charge in [-0.3, -0.25) is 24.2 Å². The first kappa shape index (κ1) is 38.3. The Morgan fingerprint density at radius 2 is 1.81 bits per heavy atom. The van der Waals surface area contributed by atoms with Crippen LogP contribution in [0, 0.1) is 17.8 Å². The fraction of sp³-hybridized carbons (Fsp3) is 0.556. The highest BCUT2D eigenvalue weighted by Crippen LogP contribution is 2.68. The number of nitrogens with zero attached hydrogens (tertiary/aromatic N) is 3. The summed E-state index contributed by atoms with van der Waals surface area (Å²) >= 11 is 0. The van der Waals surface area contributed by atoms with Crippen molar-refractivity contribution >= 4 is 34.3 Å². The normalized spacial score (nSPS) is 37.9. The molecule has 9 rings (SSSR count). The van der Waals surface area contributed by atoms with E-state index in [0.717, 1.165) is 33.4 Å². The van der Waals surface area contributed by atoms with Crippen LogP contribution in [0.15, 0.2) is 48.6 Å². The second kappa shape index (κ2) is 12.9. The van der Waals surface area contributed by atoms with Crippen LogP contribution in [0.25, 0.3) is 10.9 Å². The van der Waals surface area contributed by atoms with Crippen LogP contribution < -0.4 is 9.64 Å². The van der Waals surface area contributed by atoms with Crippen molar-refractivity contribution in [3.8, 4) is 5.75 Å². The van der Waals surface area contributed by atoms with Crippen molar-refractivity contribution in [2.45, 2.75) is 93.6 Å². The SMILES string of the molecule is CC[C@]12C=CCN3CCC4(c5cc([C@@]6(C(=O)OC)CC7[CH][C@](C)(O)CN(CCc8c6[nH]c6ccccc86)C7)c(OC)cc5N(C)C4[C@@](O)(C(C)=O)[C@@H]1OC(C)=O)C32. The zero-order valence-electron chi connectivity index (χ0n) is 34.1. The first-order valence-corrected chi connectivity index (χ1v) is 20.4. The molecule has 3 aromatic rings. The van der Waals surface area contributed by atoms with E-state index in [1.165, 1.54) is 21.0 Å². The largest absolute Gasteiger partial charge is 0.496 e. The molecule has 3 fully saturated rings. The van der Waals surface area contributed by atoms with Gasteiger partial charge in [0.2, 0.25) is 0 Å². The molecule has 0 amide bonds. The number of esters is 2. The number of aliphatic hydroxyl groups is 2. The van der Waals surface area contributed by atoms with E-state index >= 15 is 4.79 Å². The molecule has 57 heavy (non-hydrogen) atoms. The molecule has 1 spiro atoms. The minimum absolute atomic E-state index is 0.211. The maximum atomic E-state index is 15.2. The second-order valence-corrected chi connectivity index (χ2v) is 17.9. The molecule has 5 aliphatic heterocycles. The van der Waals surface area contributed by atoms with E-state index in [-0.39, 0.29) is 18.4 Å². The van der Waals surface area contributed by atoms with Gasteiger partial charge in [0.05, 0.1) is 25.9 Å². The quantitative estimate of drug-likeness (QED) is 0.248. The number of likely N-dealkylation sites (N-methyl/N-ethyl adjacent to an activating group) is 1. The summed E-state index contributed by atoms with van der Waals surface area (Å²) in [5.41, 5.74) is -1.36. The number of hydrogen-bond donors (Lipinski definition) is 3. The highest BCUT2D eigenvalue weighted by molar-refractivity contribution is 5.95. The zero-order valence-corrected chi connectivity index (χ0v) is 34.1. The van der Waals surface area contributed by atoms with Gasteiger partial charge in [0, 0.05) is 90.9 Å². The number of H-pyrrole nitrogens is 1. The fourth-order valence-electron chi connectivity index (χ4n) is 13.1. The number of nitrogens with one attached hydrogen (secondary N) is 1. The molecule has 303 valence electrons. The molecule has 10 atom stereocenters. The Bertz CT molecular complexity index is 2220. The summed E-state index contributed by atoms with van der Waals surface area (Å²) in [4.78, 5) is 52.8. The smallest absolute Gasteiger partial charge is 0.322 e. The number of ether oxygens (including phenoxy) is 3. The Hall–Kier alpha value is -4.23. The molecule has 6 heterocycles. The molecule has 3 N–H and O–H groups in total. The molecule has 6 aliphatic rings. The molecule has 1 aromatic heterocycles. The third kappa shape index (κ3) is 4.96. The van der Waals surface area contributed by atoms with E-state index in [4.69, 9.17) is 14.2 Å². The van der Waals surface area contributed by atoms with Crippen molar-refractivity contribution in [1.82, 2.24) is 14.8 Å². The highest BCUT2D eigenvalue weighted by Gasteiger charge is 2.79. The van der Waals surface area contributed by atoms with E-state index in [2.05, 4.69) is 39.1 Å². The second-order valence-electron chi connectivity index (χ2n) is 17.9. The van der Waals surface area contributed by atoms with Gasteiger partial charge in [-0.1, -0.05) is 37.3 Å². The number of carbonyl (C=O) groups is 3. The van der Waals surface area contributed by atoms with E-state index < -0.39 is 57.3 Å². The molecule has 5 unspecified atom stereocenters. The van der Waals surface area contributed by atoms with Gasteiger partial charge in [-0.15, -0.1) is 0 Å². The van der Waals surface area contributed by atoms with Crippen LogP contribution in [0.5, 0.6) is 5.75 Å². The molecule has 2 saturated heterocycles. The monoisotopic (exact) mass is 779 g/mol.